The van der Waals surface area contributed by atoms with Crippen molar-refractivity contribution in [2.75, 3.05) is 11.9 Å². The minimum atomic E-state index is -4.33. The number of hydrogen-bond acceptors (Lipinski definition) is 1. The predicted molar refractivity (Wildman–Crippen MR) is 99.7 cm³/mol. The molecule has 0 bridgehead atoms. The quantitative estimate of drug-likeness (QED) is 0.696. The number of benzene rings is 2. The molecule has 0 aliphatic carbocycles. The summed E-state index contributed by atoms with van der Waals surface area (Å²) < 4.78 is 38.8. The molecule has 2 nitrogen and oxygen atoms in total. The molecule has 0 spiro atoms. The highest BCUT2D eigenvalue weighted by Crippen LogP contribution is 2.21. The van der Waals surface area contributed by atoms with Crippen LogP contribution in [0.25, 0.3) is 0 Å². The van der Waals surface area contributed by atoms with E-state index in [9.17, 15) is 13.2 Å². The maximum atomic E-state index is 12.9. The van der Waals surface area contributed by atoms with Gasteiger partial charge < -0.3 is 10.2 Å². The summed E-state index contributed by atoms with van der Waals surface area (Å²) in [6, 6.07) is 16.5. The first-order valence-electron chi connectivity index (χ1n) is 8.01. The maximum Gasteiger partial charge on any atom is 0.406 e. The van der Waals surface area contributed by atoms with Gasteiger partial charge in [0.05, 0.1) is 0 Å². The Hall–Kier alpha value is -2.08. The molecule has 0 heterocycles. The zero-order chi connectivity index (χ0) is 18.4. The highest BCUT2D eigenvalue weighted by atomic mass is 32.1. The number of nitrogens with one attached hydrogen (secondary N) is 1. The van der Waals surface area contributed by atoms with E-state index in [2.05, 4.69) is 19.2 Å². The number of anilines is 1. The Balaban J connectivity index is 2.11. The van der Waals surface area contributed by atoms with E-state index in [1.54, 1.807) is 24.3 Å². The van der Waals surface area contributed by atoms with Crippen LogP contribution < -0.4 is 5.32 Å². The monoisotopic (exact) mass is 366 g/mol. The molecule has 2 aromatic rings. The molecule has 6 heteroatoms. The van der Waals surface area contributed by atoms with Crippen molar-refractivity contribution in [3.05, 3.63) is 65.7 Å². The largest absolute Gasteiger partial charge is 0.406 e. The second-order valence-electron chi connectivity index (χ2n) is 6.16. The van der Waals surface area contributed by atoms with Crippen molar-refractivity contribution in [1.29, 1.82) is 0 Å². The van der Waals surface area contributed by atoms with E-state index in [1.165, 1.54) is 0 Å². The van der Waals surface area contributed by atoms with Gasteiger partial charge in [0.15, 0.2) is 5.11 Å². The molecule has 0 saturated carbocycles. The highest BCUT2D eigenvalue weighted by molar-refractivity contribution is 7.80. The fourth-order valence-corrected chi connectivity index (χ4v) is 2.62. The van der Waals surface area contributed by atoms with E-state index in [0.717, 1.165) is 16.0 Å². The first kappa shape index (κ1) is 19.2. The lowest BCUT2D eigenvalue weighted by molar-refractivity contribution is -0.138. The molecule has 2 aromatic carbocycles. The molecule has 0 aromatic heterocycles. The minimum absolute atomic E-state index is 0.0541. The molecular weight excluding hydrogens is 345 g/mol. The van der Waals surface area contributed by atoms with E-state index in [0.29, 0.717) is 11.6 Å². The first-order valence-corrected chi connectivity index (χ1v) is 8.42. The average molecular weight is 366 g/mol. The van der Waals surface area contributed by atoms with Gasteiger partial charge in [0.1, 0.15) is 6.54 Å². The summed E-state index contributed by atoms with van der Waals surface area (Å²) in [7, 11) is 0. The predicted octanol–water partition coefficient (Wildman–Crippen LogP) is 5.57. The summed E-state index contributed by atoms with van der Waals surface area (Å²) >= 11 is 5.22. The fraction of sp³-hybridized carbons (Fsp3) is 0.316. The van der Waals surface area contributed by atoms with Crippen molar-refractivity contribution in [1.82, 2.24) is 4.90 Å². The topological polar surface area (TPSA) is 15.3 Å². The normalized spacial score (nSPS) is 11.4. The van der Waals surface area contributed by atoms with Crippen molar-refractivity contribution in [3.8, 4) is 0 Å². The molecule has 25 heavy (non-hydrogen) atoms. The number of hydrogen-bond donors (Lipinski definition) is 1. The van der Waals surface area contributed by atoms with E-state index in [4.69, 9.17) is 12.2 Å². The van der Waals surface area contributed by atoms with Gasteiger partial charge in [-0.05, 0) is 41.4 Å². The van der Waals surface area contributed by atoms with Crippen LogP contribution in [0.2, 0.25) is 0 Å². The molecule has 0 atom stereocenters. The third-order valence-corrected chi connectivity index (χ3v) is 4.06. The van der Waals surface area contributed by atoms with Gasteiger partial charge in [-0.2, -0.15) is 13.2 Å². The Labute approximate surface area is 151 Å². The molecule has 0 aliphatic rings. The smallest absolute Gasteiger partial charge is 0.336 e. The number of nitrogens with zero attached hydrogens (tertiary/aromatic N) is 1. The maximum absolute atomic E-state index is 12.9. The van der Waals surface area contributed by atoms with Gasteiger partial charge in [-0.25, -0.2) is 0 Å². The zero-order valence-corrected chi connectivity index (χ0v) is 15.0. The average Bonchev–Trinajstić information content (AvgIpc) is 2.54. The third kappa shape index (κ3) is 6.38. The second kappa shape index (κ2) is 8.34. The Morgan fingerprint density at radius 2 is 1.64 bits per heavy atom. The van der Waals surface area contributed by atoms with Crippen LogP contribution in [0, 0.1) is 0 Å². The van der Waals surface area contributed by atoms with E-state index in [-0.39, 0.29) is 11.7 Å². The summed E-state index contributed by atoms with van der Waals surface area (Å²) in [4.78, 5) is 1.13. The van der Waals surface area contributed by atoms with Crippen molar-refractivity contribution >= 4 is 23.0 Å². The molecule has 0 fully saturated rings. The Kier molecular flexibility index (Phi) is 6.42. The highest BCUT2D eigenvalue weighted by Gasteiger charge is 2.32. The van der Waals surface area contributed by atoms with Gasteiger partial charge in [-0.3, -0.25) is 0 Å². The van der Waals surface area contributed by atoms with Crippen molar-refractivity contribution in [2.24, 2.45) is 0 Å². The van der Waals surface area contributed by atoms with Gasteiger partial charge >= 0.3 is 6.18 Å². The SMILES string of the molecule is CC(C)c1ccc(NC(=S)N(Cc2ccccc2)CC(F)(F)F)cc1. The second-order valence-corrected chi connectivity index (χ2v) is 6.55. The number of alkyl halides is 3. The van der Waals surface area contributed by atoms with Crippen molar-refractivity contribution < 1.29 is 13.2 Å². The van der Waals surface area contributed by atoms with E-state index in [1.807, 2.05) is 30.3 Å². The van der Waals surface area contributed by atoms with E-state index >= 15 is 0 Å². The summed E-state index contributed by atoms with van der Waals surface area (Å²) in [5, 5.41) is 2.96. The van der Waals surface area contributed by atoms with Gasteiger partial charge in [-0.1, -0.05) is 56.3 Å². The summed E-state index contributed by atoms with van der Waals surface area (Å²) in [6.07, 6.45) is -4.33. The summed E-state index contributed by atoms with van der Waals surface area (Å²) in [6.45, 7) is 3.16. The van der Waals surface area contributed by atoms with Gasteiger partial charge in [0.2, 0.25) is 0 Å². The number of halogens is 3. The molecular formula is C19H21F3N2S. The lowest BCUT2D eigenvalue weighted by atomic mass is 10.0. The molecule has 2 rings (SSSR count). The Bertz CT molecular complexity index is 682. The molecule has 0 aliphatic heterocycles. The number of rotatable bonds is 5. The summed E-state index contributed by atoms with van der Waals surface area (Å²) in [5.41, 5.74) is 2.61. The molecule has 0 amide bonds. The first-order chi connectivity index (χ1) is 11.7. The molecule has 0 saturated heterocycles. The van der Waals surface area contributed by atoms with Crippen LogP contribution in [0.3, 0.4) is 0 Å². The van der Waals surface area contributed by atoms with Crippen molar-refractivity contribution in [2.45, 2.75) is 32.5 Å². The van der Waals surface area contributed by atoms with Gasteiger partial charge in [0.25, 0.3) is 0 Å². The molecule has 0 unspecified atom stereocenters. The van der Waals surface area contributed by atoms with Crippen LogP contribution >= 0.6 is 12.2 Å². The zero-order valence-electron chi connectivity index (χ0n) is 14.2. The standard InChI is InChI=1S/C19H21F3N2S/c1-14(2)16-8-10-17(11-9-16)23-18(25)24(13-19(20,21)22)12-15-6-4-3-5-7-15/h3-11,14H,12-13H2,1-2H3,(H,23,25). The summed E-state index contributed by atoms with van der Waals surface area (Å²) in [5.74, 6) is 0.390. The Morgan fingerprint density at radius 3 is 2.16 bits per heavy atom. The molecule has 134 valence electrons. The molecule has 0 radical (unpaired) electrons. The minimum Gasteiger partial charge on any atom is -0.336 e. The van der Waals surface area contributed by atoms with Crippen molar-refractivity contribution in [3.63, 3.8) is 0 Å². The lowest BCUT2D eigenvalue weighted by Gasteiger charge is -2.27. The number of thiocarbonyl (C=S) groups is 1. The van der Waals surface area contributed by atoms with Crippen LogP contribution in [0.15, 0.2) is 54.6 Å². The fourth-order valence-electron chi connectivity index (χ4n) is 2.37. The van der Waals surface area contributed by atoms with Crippen LogP contribution in [-0.4, -0.2) is 22.7 Å². The van der Waals surface area contributed by atoms with Gasteiger partial charge in [0, 0.05) is 12.2 Å². The van der Waals surface area contributed by atoms with Crippen LogP contribution in [0.5, 0.6) is 0 Å². The van der Waals surface area contributed by atoms with E-state index < -0.39 is 12.7 Å². The Morgan fingerprint density at radius 1 is 1.04 bits per heavy atom. The molecule has 1 N–H and O–H groups in total. The van der Waals surface area contributed by atoms with Crippen LogP contribution in [-0.2, 0) is 6.54 Å². The lowest BCUT2D eigenvalue weighted by Crippen LogP contribution is -2.40. The van der Waals surface area contributed by atoms with Crippen LogP contribution in [0.1, 0.15) is 30.9 Å². The third-order valence-electron chi connectivity index (χ3n) is 3.70. The van der Waals surface area contributed by atoms with Gasteiger partial charge in [-0.15, -0.1) is 0 Å². The van der Waals surface area contributed by atoms with Crippen LogP contribution in [0.4, 0.5) is 18.9 Å².